The summed E-state index contributed by atoms with van der Waals surface area (Å²) in [5.74, 6) is 0. The first kappa shape index (κ1) is 12.8. The molecule has 1 aromatic carbocycles. The van der Waals surface area contributed by atoms with Gasteiger partial charge in [-0.1, -0.05) is 12.1 Å². The molecule has 4 heteroatoms. The lowest BCUT2D eigenvalue weighted by atomic mass is 10.2. The predicted octanol–water partition coefficient (Wildman–Crippen LogP) is 1.68. The largest absolute Gasteiger partial charge is 0.395 e. The van der Waals surface area contributed by atoms with Gasteiger partial charge in [0.05, 0.1) is 12.9 Å². The summed E-state index contributed by atoms with van der Waals surface area (Å²) < 4.78 is 1.98. The molecule has 0 fully saturated rings. The molecule has 0 saturated carbocycles. The van der Waals surface area contributed by atoms with Crippen molar-refractivity contribution in [2.24, 2.45) is 0 Å². The zero-order valence-corrected chi connectivity index (χ0v) is 10.8. The Labute approximate surface area is 108 Å². The number of likely N-dealkylation sites (N-methyl/N-ethyl adjacent to an activating group) is 1. The van der Waals surface area contributed by atoms with Gasteiger partial charge in [-0.2, -0.15) is 0 Å². The minimum Gasteiger partial charge on any atom is -0.395 e. The zero-order valence-electron chi connectivity index (χ0n) is 10.8. The molecule has 0 radical (unpaired) electrons. The Morgan fingerprint density at radius 1 is 1.33 bits per heavy atom. The van der Waals surface area contributed by atoms with Crippen LogP contribution < -0.4 is 0 Å². The lowest BCUT2D eigenvalue weighted by Crippen LogP contribution is -2.31. The van der Waals surface area contributed by atoms with Crippen molar-refractivity contribution < 1.29 is 5.11 Å². The van der Waals surface area contributed by atoms with Gasteiger partial charge in [0.25, 0.3) is 0 Å². The summed E-state index contributed by atoms with van der Waals surface area (Å²) in [5.41, 5.74) is 2.34. The van der Waals surface area contributed by atoms with E-state index in [0.29, 0.717) is 0 Å². The minimum absolute atomic E-state index is 0.179. The summed E-state index contributed by atoms with van der Waals surface area (Å²) in [7, 11) is 2.02. The molecule has 0 bridgehead atoms. The number of imidazole rings is 1. The molecule has 2 rings (SSSR count). The second kappa shape index (κ2) is 5.80. The Balaban J connectivity index is 2.04. The normalized spacial score (nSPS) is 12.9. The van der Waals surface area contributed by atoms with Crippen LogP contribution in [0, 0.1) is 0 Å². The number of benzene rings is 1. The van der Waals surface area contributed by atoms with Crippen molar-refractivity contribution in [2.75, 3.05) is 13.7 Å². The molecule has 1 heterocycles. The standard InChI is InChI=1S/C14H19N3O/c1-12(10-18)16(2)9-13-3-5-14(6-4-13)17-8-7-15-11-17/h3-8,11-12,18H,9-10H2,1-2H3. The van der Waals surface area contributed by atoms with Crippen molar-refractivity contribution in [1.82, 2.24) is 14.5 Å². The van der Waals surface area contributed by atoms with Crippen LogP contribution in [-0.2, 0) is 6.54 Å². The monoisotopic (exact) mass is 245 g/mol. The van der Waals surface area contributed by atoms with Gasteiger partial charge in [-0.15, -0.1) is 0 Å². The van der Waals surface area contributed by atoms with E-state index in [4.69, 9.17) is 5.11 Å². The van der Waals surface area contributed by atoms with E-state index in [0.717, 1.165) is 12.2 Å². The van der Waals surface area contributed by atoms with Crippen LogP contribution in [0.3, 0.4) is 0 Å². The fourth-order valence-electron chi connectivity index (χ4n) is 1.77. The molecular weight excluding hydrogens is 226 g/mol. The maximum atomic E-state index is 9.10. The van der Waals surface area contributed by atoms with Crippen molar-refractivity contribution in [2.45, 2.75) is 19.5 Å². The van der Waals surface area contributed by atoms with Crippen molar-refractivity contribution in [3.63, 3.8) is 0 Å². The van der Waals surface area contributed by atoms with Gasteiger partial charge in [0.2, 0.25) is 0 Å². The third kappa shape index (κ3) is 2.97. The van der Waals surface area contributed by atoms with Crippen LogP contribution in [0.2, 0.25) is 0 Å². The molecule has 0 spiro atoms. The molecule has 0 aliphatic heterocycles. The number of aromatic nitrogens is 2. The van der Waals surface area contributed by atoms with Crippen LogP contribution in [-0.4, -0.2) is 39.3 Å². The van der Waals surface area contributed by atoms with Crippen molar-refractivity contribution >= 4 is 0 Å². The van der Waals surface area contributed by atoms with Crippen LogP contribution in [0.5, 0.6) is 0 Å². The average molecular weight is 245 g/mol. The van der Waals surface area contributed by atoms with Gasteiger partial charge in [-0.05, 0) is 31.7 Å². The van der Waals surface area contributed by atoms with Crippen LogP contribution in [0.25, 0.3) is 5.69 Å². The van der Waals surface area contributed by atoms with Crippen molar-refractivity contribution in [3.8, 4) is 5.69 Å². The van der Waals surface area contributed by atoms with Gasteiger partial charge in [-0.25, -0.2) is 4.98 Å². The fraction of sp³-hybridized carbons (Fsp3) is 0.357. The number of nitrogens with zero attached hydrogens (tertiary/aromatic N) is 3. The van der Waals surface area contributed by atoms with E-state index < -0.39 is 0 Å². The van der Waals surface area contributed by atoms with E-state index in [-0.39, 0.29) is 12.6 Å². The third-order valence-corrected chi connectivity index (χ3v) is 3.19. The Morgan fingerprint density at radius 2 is 2.06 bits per heavy atom. The molecule has 1 unspecified atom stereocenters. The van der Waals surface area contributed by atoms with Gasteiger partial charge in [0.15, 0.2) is 0 Å². The maximum Gasteiger partial charge on any atom is 0.0991 e. The average Bonchev–Trinajstić information content (AvgIpc) is 2.92. The molecule has 1 aromatic heterocycles. The molecule has 0 aliphatic carbocycles. The van der Waals surface area contributed by atoms with Gasteiger partial charge in [0, 0.05) is 30.7 Å². The summed E-state index contributed by atoms with van der Waals surface area (Å²) in [6.07, 6.45) is 5.48. The van der Waals surface area contributed by atoms with Crippen LogP contribution in [0.4, 0.5) is 0 Å². The highest BCUT2D eigenvalue weighted by atomic mass is 16.3. The Bertz CT molecular complexity index is 464. The minimum atomic E-state index is 0.179. The van der Waals surface area contributed by atoms with E-state index in [9.17, 15) is 0 Å². The molecule has 96 valence electrons. The molecule has 2 aromatic rings. The SMILES string of the molecule is CC(CO)N(C)Cc1ccc(-n2ccnc2)cc1. The van der Waals surface area contributed by atoms with Gasteiger partial charge >= 0.3 is 0 Å². The molecule has 0 saturated heterocycles. The highest BCUT2D eigenvalue weighted by Gasteiger charge is 2.07. The quantitative estimate of drug-likeness (QED) is 0.871. The number of hydrogen-bond donors (Lipinski definition) is 1. The van der Waals surface area contributed by atoms with E-state index in [2.05, 4.69) is 34.1 Å². The number of aliphatic hydroxyl groups excluding tert-OH is 1. The van der Waals surface area contributed by atoms with Crippen LogP contribution >= 0.6 is 0 Å². The highest BCUT2D eigenvalue weighted by molar-refractivity contribution is 5.34. The van der Waals surface area contributed by atoms with Crippen LogP contribution in [0.1, 0.15) is 12.5 Å². The molecule has 4 nitrogen and oxygen atoms in total. The molecule has 0 amide bonds. The van der Waals surface area contributed by atoms with E-state index in [1.54, 1.807) is 12.5 Å². The first-order valence-electron chi connectivity index (χ1n) is 6.09. The number of rotatable bonds is 5. The summed E-state index contributed by atoms with van der Waals surface area (Å²) in [4.78, 5) is 6.16. The van der Waals surface area contributed by atoms with Crippen molar-refractivity contribution in [1.29, 1.82) is 0 Å². The summed E-state index contributed by atoms with van der Waals surface area (Å²) in [6, 6.07) is 8.55. The number of aliphatic hydroxyl groups is 1. The van der Waals surface area contributed by atoms with E-state index >= 15 is 0 Å². The first-order chi connectivity index (χ1) is 8.70. The van der Waals surface area contributed by atoms with E-state index in [1.807, 2.05) is 24.7 Å². The summed E-state index contributed by atoms with van der Waals surface area (Å²) >= 11 is 0. The van der Waals surface area contributed by atoms with E-state index in [1.165, 1.54) is 5.56 Å². The number of hydrogen-bond acceptors (Lipinski definition) is 3. The Hall–Kier alpha value is -1.65. The van der Waals surface area contributed by atoms with Gasteiger partial charge < -0.3 is 9.67 Å². The Kier molecular flexibility index (Phi) is 4.12. The predicted molar refractivity (Wildman–Crippen MR) is 71.6 cm³/mol. The zero-order chi connectivity index (χ0) is 13.0. The first-order valence-corrected chi connectivity index (χ1v) is 6.09. The smallest absolute Gasteiger partial charge is 0.0991 e. The second-order valence-corrected chi connectivity index (χ2v) is 4.58. The molecule has 1 N–H and O–H groups in total. The van der Waals surface area contributed by atoms with Gasteiger partial charge in [0.1, 0.15) is 0 Å². The summed E-state index contributed by atoms with van der Waals surface area (Å²) in [5, 5.41) is 9.10. The fourth-order valence-corrected chi connectivity index (χ4v) is 1.77. The molecule has 1 atom stereocenters. The lowest BCUT2D eigenvalue weighted by Gasteiger charge is -2.22. The topological polar surface area (TPSA) is 41.3 Å². The summed E-state index contributed by atoms with van der Waals surface area (Å²) in [6.45, 7) is 3.04. The van der Waals surface area contributed by atoms with Crippen molar-refractivity contribution in [3.05, 3.63) is 48.5 Å². The Morgan fingerprint density at radius 3 is 2.61 bits per heavy atom. The maximum absolute atomic E-state index is 9.10. The molecule has 18 heavy (non-hydrogen) atoms. The van der Waals surface area contributed by atoms with Gasteiger partial charge in [-0.3, -0.25) is 4.90 Å². The second-order valence-electron chi connectivity index (χ2n) is 4.58. The van der Waals surface area contributed by atoms with Crippen LogP contribution in [0.15, 0.2) is 43.0 Å². The molecule has 0 aliphatic rings. The highest BCUT2D eigenvalue weighted by Crippen LogP contribution is 2.11. The lowest BCUT2D eigenvalue weighted by molar-refractivity contribution is 0.154. The molecular formula is C14H19N3O. The third-order valence-electron chi connectivity index (χ3n) is 3.19.